The van der Waals surface area contributed by atoms with Crippen molar-refractivity contribution in [1.29, 1.82) is 0 Å². The highest BCUT2D eigenvalue weighted by molar-refractivity contribution is 5.74. The molecule has 2 N–H and O–H groups in total. The van der Waals surface area contributed by atoms with Crippen molar-refractivity contribution >= 4 is 11.3 Å². The lowest BCUT2D eigenvalue weighted by atomic mass is 10.2. The van der Waals surface area contributed by atoms with E-state index in [4.69, 9.17) is 4.74 Å². The van der Waals surface area contributed by atoms with E-state index in [-0.39, 0.29) is 28.3 Å². The van der Waals surface area contributed by atoms with Crippen molar-refractivity contribution in [3.63, 3.8) is 0 Å². The molecule has 5 rings (SSSR count). The van der Waals surface area contributed by atoms with Crippen LogP contribution >= 0.6 is 0 Å². The summed E-state index contributed by atoms with van der Waals surface area (Å²) in [5.41, 5.74) is -2.58. The summed E-state index contributed by atoms with van der Waals surface area (Å²) in [6.07, 6.45) is -1.74. The zero-order chi connectivity index (χ0) is 24.9. The summed E-state index contributed by atoms with van der Waals surface area (Å²) in [4.78, 5) is 36.3. The molecule has 0 amide bonds. The van der Waals surface area contributed by atoms with Gasteiger partial charge in [-0.3, -0.25) is 14.8 Å². The van der Waals surface area contributed by atoms with Crippen LogP contribution in [0.1, 0.15) is 12.1 Å². The predicted octanol–water partition coefficient (Wildman–Crippen LogP) is 2.15. The Morgan fingerprint density at radius 3 is 2.74 bits per heavy atom. The maximum Gasteiger partial charge on any atom is 0.325 e. The first-order valence-corrected chi connectivity index (χ1v) is 10.0. The Balaban J connectivity index is 1.53. The van der Waals surface area contributed by atoms with Gasteiger partial charge in [-0.05, 0) is 12.1 Å². The zero-order valence-corrected chi connectivity index (χ0v) is 17.4. The van der Waals surface area contributed by atoms with Gasteiger partial charge < -0.3 is 14.6 Å². The monoisotopic (exact) mass is 495 g/mol. The number of pyridine rings is 1. The number of hydrogen-bond acceptors (Lipinski definition) is 7. The van der Waals surface area contributed by atoms with Crippen molar-refractivity contribution in [2.75, 3.05) is 18.0 Å². The second-order valence-corrected chi connectivity index (χ2v) is 7.68. The Bertz CT molecular complexity index is 1530. The molecule has 1 fully saturated rings. The lowest BCUT2D eigenvalue weighted by Gasteiger charge is -2.19. The number of nitrogens with one attached hydrogen (secondary N) is 2. The molecular weight excluding hydrogens is 481 g/mol. The van der Waals surface area contributed by atoms with Gasteiger partial charge in [0.2, 0.25) is 5.95 Å². The molecule has 1 atom stereocenters. The van der Waals surface area contributed by atoms with Gasteiger partial charge in [0.1, 0.15) is 17.1 Å². The molecule has 4 aromatic heterocycles. The summed E-state index contributed by atoms with van der Waals surface area (Å²) in [5, 5.41) is 3.99. The van der Waals surface area contributed by atoms with E-state index in [0.717, 1.165) is 34.1 Å². The molecule has 0 saturated carbocycles. The van der Waals surface area contributed by atoms with Gasteiger partial charge in [-0.1, -0.05) is 0 Å². The smallest absolute Gasteiger partial charge is 0.325 e. The first-order chi connectivity index (χ1) is 16.6. The number of imidazole rings is 1. The number of hydrogen-bond donors (Lipinski definition) is 2. The van der Waals surface area contributed by atoms with E-state index in [2.05, 4.69) is 20.1 Å². The van der Waals surface area contributed by atoms with Gasteiger partial charge >= 0.3 is 11.6 Å². The quantitative estimate of drug-likeness (QED) is 0.407. The standard InChI is InChI=1S/C20H14F5N7O3/c21-15-6-27-17-13(4-11(30-32(15)17)10-5-28-19(34)29-18(10)33)31-7-14(20(24,25)8-31)35-9-1-2-26-12(3-9)16(22)23/h1-6,14,16H,7-8H2,(H2,28,29,33,34)/t14-/m0/s1. The van der Waals surface area contributed by atoms with E-state index in [0.29, 0.717) is 0 Å². The van der Waals surface area contributed by atoms with Crippen LogP contribution in [0.5, 0.6) is 5.75 Å². The molecule has 35 heavy (non-hydrogen) atoms. The van der Waals surface area contributed by atoms with Crippen molar-refractivity contribution in [3.05, 3.63) is 69.3 Å². The van der Waals surface area contributed by atoms with Crippen LogP contribution in [-0.2, 0) is 0 Å². The minimum Gasteiger partial charge on any atom is -0.482 e. The fourth-order valence-corrected chi connectivity index (χ4v) is 3.74. The maximum atomic E-state index is 14.9. The van der Waals surface area contributed by atoms with Crippen molar-refractivity contribution in [1.82, 2.24) is 29.5 Å². The molecule has 182 valence electrons. The first-order valence-electron chi connectivity index (χ1n) is 10.0. The average Bonchev–Trinajstić information content (AvgIpc) is 3.32. The Morgan fingerprint density at radius 2 is 2.00 bits per heavy atom. The second-order valence-electron chi connectivity index (χ2n) is 7.68. The SMILES string of the molecule is O=c1[nH]cc(-c2cc(N3C[C@H](Oc4ccnc(C(F)F)c4)C(F)(F)C3)c3ncc(F)n3n2)c(=O)[nH]1. The summed E-state index contributed by atoms with van der Waals surface area (Å²) in [7, 11) is 0. The number of rotatable bonds is 5. The fraction of sp³-hybridized carbons (Fsp3) is 0.250. The van der Waals surface area contributed by atoms with Crippen LogP contribution in [0.15, 0.2) is 46.4 Å². The van der Waals surface area contributed by atoms with E-state index < -0.39 is 54.4 Å². The van der Waals surface area contributed by atoms with Crippen LogP contribution in [-0.4, -0.2) is 54.7 Å². The van der Waals surface area contributed by atoms with E-state index in [1.54, 1.807) is 0 Å². The zero-order valence-electron chi connectivity index (χ0n) is 17.4. The van der Waals surface area contributed by atoms with Crippen molar-refractivity contribution in [2.45, 2.75) is 18.5 Å². The number of ether oxygens (including phenoxy) is 1. The fourth-order valence-electron chi connectivity index (χ4n) is 3.74. The number of aromatic amines is 2. The molecule has 1 saturated heterocycles. The molecule has 0 bridgehead atoms. The summed E-state index contributed by atoms with van der Waals surface area (Å²) >= 11 is 0. The lowest BCUT2D eigenvalue weighted by molar-refractivity contribution is -0.0595. The molecular formula is C20H14F5N7O3. The van der Waals surface area contributed by atoms with Crippen LogP contribution in [0.25, 0.3) is 16.9 Å². The van der Waals surface area contributed by atoms with Gasteiger partial charge in [0, 0.05) is 18.5 Å². The molecule has 0 unspecified atom stereocenters. The van der Waals surface area contributed by atoms with E-state index >= 15 is 0 Å². The van der Waals surface area contributed by atoms with Gasteiger partial charge in [0.15, 0.2) is 11.8 Å². The summed E-state index contributed by atoms with van der Waals surface area (Å²) in [5.74, 6) is -4.57. The van der Waals surface area contributed by atoms with Crippen LogP contribution in [0.3, 0.4) is 0 Å². The number of nitrogens with zero attached hydrogens (tertiary/aromatic N) is 5. The van der Waals surface area contributed by atoms with Gasteiger partial charge in [-0.2, -0.15) is 14.0 Å². The van der Waals surface area contributed by atoms with E-state index in [1.807, 2.05) is 4.98 Å². The molecule has 15 heteroatoms. The van der Waals surface area contributed by atoms with Gasteiger partial charge in [0.05, 0.1) is 30.5 Å². The first kappa shape index (κ1) is 22.5. The topological polar surface area (TPSA) is 121 Å². The number of halogens is 5. The van der Waals surface area contributed by atoms with Crippen LogP contribution in [0, 0.1) is 5.95 Å². The highest BCUT2D eigenvalue weighted by Crippen LogP contribution is 2.36. The highest BCUT2D eigenvalue weighted by Gasteiger charge is 2.50. The normalized spacial score (nSPS) is 17.4. The third-order valence-corrected chi connectivity index (χ3v) is 5.36. The predicted molar refractivity (Wildman–Crippen MR) is 110 cm³/mol. The lowest BCUT2D eigenvalue weighted by Crippen LogP contribution is -2.36. The number of H-pyrrole nitrogens is 2. The molecule has 1 aliphatic heterocycles. The number of anilines is 1. The molecule has 1 aliphatic rings. The summed E-state index contributed by atoms with van der Waals surface area (Å²) in [6, 6.07) is 3.31. The van der Waals surface area contributed by atoms with Crippen molar-refractivity contribution in [3.8, 4) is 17.0 Å². The van der Waals surface area contributed by atoms with E-state index in [1.165, 1.54) is 12.1 Å². The summed E-state index contributed by atoms with van der Waals surface area (Å²) in [6.45, 7) is -1.30. The van der Waals surface area contributed by atoms with Gasteiger partial charge in [-0.15, -0.1) is 0 Å². The Morgan fingerprint density at radius 1 is 1.20 bits per heavy atom. The molecule has 0 aliphatic carbocycles. The average molecular weight is 495 g/mol. The Kier molecular flexibility index (Phi) is 5.25. The molecule has 0 aromatic carbocycles. The molecule has 5 heterocycles. The van der Waals surface area contributed by atoms with Crippen molar-refractivity contribution in [2.24, 2.45) is 0 Å². The third kappa shape index (κ3) is 4.08. The minimum atomic E-state index is -3.44. The Hall–Kier alpha value is -4.30. The third-order valence-electron chi connectivity index (χ3n) is 5.36. The van der Waals surface area contributed by atoms with Gasteiger partial charge in [0.25, 0.3) is 12.0 Å². The van der Waals surface area contributed by atoms with Crippen LogP contribution < -0.4 is 20.9 Å². The van der Waals surface area contributed by atoms with Crippen LogP contribution in [0.2, 0.25) is 0 Å². The van der Waals surface area contributed by atoms with Crippen LogP contribution in [0.4, 0.5) is 27.6 Å². The summed E-state index contributed by atoms with van der Waals surface area (Å²) < 4.78 is 76.0. The van der Waals surface area contributed by atoms with Crippen molar-refractivity contribution < 1.29 is 26.7 Å². The number of aromatic nitrogens is 6. The number of fused-ring (bicyclic) bond motifs is 1. The molecule has 10 nitrogen and oxygen atoms in total. The maximum absolute atomic E-state index is 14.9. The minimum absolute atomic E-state index is 0.0123. The van der Waals surface area contributed by atoms with E-state index in [9.17, 15) is 31.5 Å². The number of alkyl halides is 4. The van der Waals surface area contributed by atoms with Gasteiger partial charge in [-0.25, -0.2) is 27.3 Å². The second kappa shape index (κ2) is 8.18. The Labute approximate surface area is 191 Å². The largest absolute Gasteiger partial charge is 0.482 e. The molecule has 4 aromatic rings. The highest BCUT2D eigenvalue weighted by atomic mass is 19.3. The molecule has 0 radical (unpaired) electrons. The molecule has 0 spiro atoms.